The lowest BCUT2D eigenvalue weighted by Crippen LogP contribution is -2.22. The van der Waals surface area contributed by atoms with Gasteiger partial charge in [0.2, 0.25) is 0 Å². The number of aliphatic imine (C=N–C) groups is 1. The van der Waals surface area contributed by atoms with Gasteiger partial charge >= 0.3 is 0 Å². The Morgan fingerprint density at radius 1 is 1.22 bits per heavy atom. The highest BCUT2D eigenvalue weighted by Crippen LogP contribution is 2.18. The van der Waals surface area contributed by atoms with Gasteiger partial charge in [0, 0.05) is 11.3 Å². The van der Waals surface area contributed by atoms with Gasteiger partial charge in [-0.05, 0) is 26.0 Å². The average Bonchev–Trinajstić information content (AvgIpc) is 2.63. The molecule has 0 aliphatic rings. The number of nitrogens with zero attached hydrogens (tertiary/aromatic N) is 3. The minimum Gasteiger partial charge on any atom is -0.370 e. The van der Waals surface area contributed by atoms with Crippen LogP contribution in [0.25, 0.3) is 5.69 Å². The Bertz CT molecular complexity index is 565. The molecule has 2 rings (SSSR count). The van der Waals surface area contributed by atoms with Crippen molar-refractivity contribution in [3.05, 3.63) is 47.3 Å². The van der Waals surface area contributed by atoms with Gasteiger partial charge in [0.15, 0.2) is 5.96 Å². The summed E-state index contributed by atoms with van der Waals surface area (Å²) in [6.07, 6.45) is 0. The molecule has 94 valence electrons. The third kappa shape index (κ3) is 2.34. The molecule has 0 bridgehead atoms. The normalized spacial score (nSPS) is 10.3. The Morgan fingerprint density at radius 2 is 1.89 bits per heavy atom. The van der Waals surface area contributed by atoms with Crippen molar-refractivity contribution in [2.24, 2.45) is 16.5 Å². The molecule has 0 amide bonds. The molecule has 5 nitrogen and oxygen atoms in total. The molecule has 1 heterocycles. The molecule has 0 unspecified atom stereocenters. The molecular weight excluding hydrogens is 226 g/mol. The van der Waals surface area contributed by atoms with Crippen molar-refractivity contribution in [1.29, 1.82) is 0 Å². The number of hydrogen-bond acceptors (Lipinski definition) is 2. The summed E-state index contributed by atoms with van der Waals surface area (Å²) >= 11 is 0. The summed E-state index contributed by atoms with van der Waals surface area (Å²) in [5, 5.41) is 4.52. The molecule has 2 aromatic rings. The van der Waals surface area contributed by atoms with E-state index >= 15 is 0 Å². The van der Waals surface area contributed by atoms with Gasteiger partial charge in [0.25, 0.3) is 0 Å². The first-order valence-electron chi connectivity index (χ1n) is 5.75. The van der Waals surface area contributed by atoms with E-state index in [1.165, 1.54) is 0 Å². The minimum absolute atomic E-state index is 0.0984. The summed E-state index contributed by atoms with van der Waals surface area (Å²) in [5.74, 6) is 0.0984. The van der Waals surface area contributed by atoms with Gasteiger partial charge < -0.3 is 11.5 Å². The van der Waals surface area contributed by atoms with E-state index in [9.17, 15) is 0 Å². The molecule has 1 aromatic heterocycles. The lowest BCUT2D eigenvalue weighted by Gasteiger charge is -2.04. The lowest BCUT2D eigenvalue weighted by molar-refractivity contribution is 0.832. The van der Waals surface area contributed by atoms with Crippen molar-refractivity contribution in [3.8, 4) is 5.69 Å². The lowest BCUT2D eigenvalue weighted by atomic mass is 10.2. The number of hydrogen-bond donors (Lipinski definition) is 2. The maximum absolute atomic E-state index is 5.36. The molecule has 0 atom stereocenters. The van der Waals surface area contributed by atoms with Gasteiger partial charge in [0.1, 0.15) is 0 Å². The van der Waals surface area contributed by atoms with E-state index in [1.807, 2.05) is 48.9 Å². The number of rotatable bonds is 3. The molecule has 0 aliphatic carbocycles. The van der Waals surface area contributed by atoms with Crippen LogP contribution in [0.3, 0.4) is 0 Å². The van der Waals surface area contributed by atoms with E-state index < -0.39 is 0 Å². The second-order valence-corrected chi connectivity index (χ2v) is 4.14. The summed E-state index contributed by atoms with van der Waals surface area (Å²) in [4.78, 5) is 4.04. The van der Waals surface area contributed by atoms with E-state index in [4.69, 9.17) is 11.5 Å². The molecule has 0 radical (unpaired) electrons. The Morgan fingerprint density at radius 3 is 2.50 bits per heavy atom. The van der Waals surface area contributed by atoms with Crippen molar-refractivity contribution in [2.45, 2.75) is 20.4 Å². The highest BCUT2D eigenvalue weighted by atomic mass is 15.3. The maximum Gasteiger partial charge on any atom is 0.186 e. The number of para-hydroxylation sites is 1. The van der Waals surface area contributed by atoms with Gasteiger partial charge in [-0.3, -0.25) is 0 Å². The van der Waals surface area contributed by atoms with Crippen LogP contribution in [0.4, 0.5) is 0 Å². The highest BCUT2D eigenvalue weighted by molar-refractivity contribution is 5.75. The number of nitrogens with two attached hydrogens (primary N) is 2. The highest BCUT2D eigenvalue weighted by Gasteiger charge is 2.11. The molecule has 18 heavy (non-hydrogen) atoms. The molecule has 0 spiro atoms. The summed E-state index contributed by atoms with van der Waals surface area (Å²) in [6, 6.07) is 9.99. The smallest absolute Gasteiger partial charge is 0.186 e. The third-order valence-corrected chi connectivity index (χ3v) is 2.86. The Hall–Kier alpha value is -2.30. The van der Waals surface area contributed by atoms with Crippen LogP contribution >= 0.6 is 0 Å². The standard InChI is InChI=1S/C13H17N5/c1-9-12(8-16-13(14)15)10(2)18(17-9)11-6-4-3-5-7-11/h3-7H,8H2,1-2H3,(H4,14,15,16). The largest absolute Gasteiger partial charge is 0.370 e. The number of guanidine groups is 1. The van der Waals surface area contributed by atoms with Crippen molar-refractivity contribution in [1.82, 2.24) is 9.78 Å². The average molecular weight is 243 g/mol. The number of aromatic nitrogens is 2. The van der Waals surface area contributed by atoms with Crippen molar-refractivity contribution >= 4 is 5.96 Å². The van der Waals surface area contributed by atoms with Gasteiger partial charge in [-0.25, -0.2) is 9.67 Å². The predicted molar refractivity (Wildman–Crippen MR) is 72.6 cm³/mol. The van der Waals surface area contributed by atoms with Crippen LogP contribution in [0.2, 0.25) is 0 Å². The van der Waals surface area contributed by atoms with Crippen molar-refractivity contribution in [3.63, 3.8) is 0 Å². The third-order valence-electron chi connectivity index (χ3n) is 2.86. The Kier molecular flexibility index (Phi) is 3.32. The van der Waals surface area contributed by atoms with E-state index in [2.05, 4.69) is 10.1 Å². The zero-order valence-electron chi connectivity index (χ0n) is 10.6. The second kappa shape index (κ2) is 4.91. The van der Waals surface area contributed by atoms with E-state index in [-0.39, 0.29) is 5.96 Å². The molecule has 0 saturated heterocycles. The topological polar surface area (TPSA) is 82.2 Å². The SMILES string of the molecule is Cc1nn(-c2ccccc2)c(C)c1CN=C(N)N. The molecule has 4 N–H and O–H groups in total. The predicted octanol–water partition coefficient (Wildman–Crippen LogP) is 1.26. The van der Waals surface area contributed by atoms with Crippen LogP contribution in [0, 0.1) is 13.8 Å². The summed E-state index contributed by atoms with van der Waals surface area (Å²) in [6.45, 7) is 4.45. The first-order valence-corrected chi connectivity index (χ1v) is 5.75. The Balaban J connectivity index is 2.41. The van der Waals surface area contributed by atoms with E-state index in [1.54, 1.807) is 0 Å². The summed E-state index contributed by atoms with van der Waals surface area (Å²) in [7, 11) is 0. The van der Waals surface area contributed by atoms with E-state index in [0.717, 1.165) is 22.6 Å². The van der Waals surface area contributed by atoms with Gasteiger partial charge in [-0.1, -0.05) is 18.2 Å². The fourth-order valence-corrected chi connectivity index (χ4v) is 1.89. The van der Waals surface area contributed by atoms with Crippen LogP contribution in [-0.4, -0.2) is 15.7 Å². The first-order chi connectivity index (χ1) is 8.59. The first kappa shape index (κ1) is 12.2. The zero-order valence-corrected chi connectivity index (χ0v) is 10.6. The maximum atomic E-state index is 5.36. The van der Waals surface area contributed by atoms with Crippen LogP contribution in [-0.2, 0) is 6.54 Å². The second-order valence-electron chi connectivity index (χ2n) is 4.14. The number of benzene rings is 1. The van der Waals surface area contributed by atoms with E-state index in [0.29, 0.717) is 6.54 Å². The van der Waals surface area contributed by atoms with Crippen LogP contribution in [0.1, 0.15) is 17.0 Å². The van der Waals surface area contributed by atoms with Crippen LogP contribution in [0.15, 0.2) is 35.3 Å². The van der Waals surface area contributed by atoms with Crippen LogP contribution in [0.5, 0.6) is 0 Å². The summed E-state index contributed by atoms with van der Waals surface area (Å²) < 4.78 is 1.91. The fraction of sp³-hybridized carbons (Fsp3) is 0.231. The fourth-order valence-electron chi connectivity index (χ4n) is 1.89. The zero-order chi connectivity index (χ0) is 13.1. The van der Waals surface area contributed by atoms with Gasteiger partial charge in [-0.2, -0.15) is 5.10 Å². The number of aryl methyl sites for hydroxylation is 1. The molecular formula is C13H17N5. The van der Waals surface area contributed by atoms with Crippen molar-refractivity contribution < 1.29 is 0 Å². The monoisotopic (exact) mass is 243 g/mol. The molecule has 1 aromatic carbocycles. The van der Waals surface area contributed by atoms with Gasteiger partial charge in [0.05, 0.1) is 17.9 Å². The molecule has 0 aliphatic heterocycles. The van der Waals surface area contributed by atoms with Gasteiger partial charge in [-0.15, -0.1) is 0 Å². The van der Waals surface area contributed by atoms with Crippen LogP contribution < -0.4 is 11.5 Å². The minimum atomic E-state index is 0.0984. The Labute approximate surface area is 106 Å². The quantitative estimate of drug-likeness (QED) is 0.629. The molecule has 0 fully saturated rings. The van der Waals surface area contributed by atoms with Crippen molar-refractivity contribution in [2.75, 3.05) is 0 Å². The molecule has 0 saturated carbocycles. The molecule has 5 heteroatoms. The summed E-state index contributed by atoms with van der Waals surface area (Å²) in [5.41, 5.74) is 14.8.